The van der Waals surface area contributed by atoms with E-state index in [9.17, 15) is 0 Å². The van der Waals surface area contributed by atoms with Gasteiger partial charge in [-0.2, -0.15) is 0 Å². The normalized spacial score (nSPS) is 12.4. The van der Waals surface area contributed by atoms with Crippen LogP contribution in [0, 0.1) is 0 Å². The van der Waals surface area contributed by atoms with Gasteiger partial charge in [0.05, 0.1) is 33.1 Å². The Morgan fingerprint density at radius 1 is 0.150 bits per heavy atom. The van der Waals surface area contributed by atoms with Gasteiger partial charge in [-0.05, 0) is 209 Å². The smallest absolute Gasteiger partial charge is 0.164 e. The quantitative estimate of drug-likeness (QED) is 0.122. The van der Waals surface area contributed by atoms with Gasteiger partial charge in [0.25, 0.3) is 0 Å². The molecule has 0 N–H and O–H groups in total. The fourth-order valence-electron chi connectivity index (χ4n) is 19.4. The second kappa shape index (κ2) is 27.5. The summed E-state index contributed by atoms with van der Waals surface area (Å²) in [6.45, 7) is 0. The van der Waals surface area contributed by atoms with Crippen LogP contribution in [-0.4, -0.2) is 28.7 Å². The second-order valence-electron chi connectivity index (χ2n) is 31.5. The van der Waals surface area contributed by atoms with Crippen molar-refractivity contribution in [1.82, 2.24) is 28.7 Å². The number of benzene rings is 18. The fourth-order valence-corrected chi connectivity index (χ4v) is 27.3. The first-order valence-corrected chi connectivity index (χ1v) is 45.0. The summed E-state index contributed by atoms with van der Waals surface area (Å²) < 4.78 is 7.22. The topological polar surface area (TPSA) is 53.5 Å². The number of hydrogen-bond acceptors (Lipinski definition) is 3. The van der Waals surface area contributed by atoms with Gasteiger partial charge < -0.3 is 13.7 Å². The lowest BCUT2D eigenvalue weighted by Crippen LogP contribution is -2.02. The highest BCUT2D eigenvalue weighted by Crippen LogP contribution is 2.59. The van der Waals surface area contributed by atoms with Gasteiger partial charge in [-0.15, -0.1) is 0 Å². The maximum absolute atomic E-state index is 5.60. The van der Waals surface area contributed by atoms with Crippen LogP contribution in [0.5, 0.6) is 0 Å². The maximum atomic E-state index is 5.60. The predicted molar refractivity (Wildman–Crippen MR) is 513 cm³/mol. The Kier molecular flexibility index (Phi) is 15.7. The number of para-hydroxylation sites is 3. The molecule has 0 aliphatic heterocycles. The number of hydrogen-bond donors (Lipinski definition) is 0. The van der Waals surface area contributed by atoms with Crippen molar-refractivity contribution < 1.29 is 0 Å². The van der Waals surface area contributed by atoms with Crippen molar-refractivity contribution in [2.75, 3.05) is 0 Å². The van der Waals surface area contributed by atoms with Crippen molar-refractivity contribution in [2.45, 2.75) is 0 Å². The Morgan fingerprint density at radius 2 is 0.383 bits per heavy atom. The highest BCUT2D eigenvalue weighted by molar-refractivity contribution is 7.68. The van der Waals surface area contributed by atoms with E-state index in [1.54, 1.807) is 0 Å². The summed E-state index contributed by atoms with van der Waals surface area (Å²) in [6, 6.07) is 155. The highest BCUT2D eigenvalue weighted by Gasteiger charge is 2.24. The summed E-state index contributed by atoms with van der Waals surface area (Å²) in [5.41, 5.74) is 19.5. The van der Waals surface area contributed by atoms with Crippen LogP contribution in [0.2, 0.25) is 0 Å². The molecule has 25 aromatic rings. The van der Waals surface area contributed by atoms with Crippen LogP contribution in [-0.2, 0) is 0 Å². The molecular formula is C111H69N6P3. The maximum Gasteiger partial charge on any atom is 0.164 e. The molecule has 3 atom stereocenters. The minimum atomic E-state index is -0.665. The number of nitrogens with zero attached hydrogens (tertiary/aromatic N) is 6. The van der Waals surface area contributed by atoms with E-state index in [1.807, 2.05) is 0 Å². The Bertz CT molecular complexity index is 7750. The zero-order valence-electron chi connectivity index (χ0n) is 64.9. The van der Waals surface area contributed by atoms with Crippen LogP contribution in [0.1, 0.15) is 0 Å². The first kappa shape index (κ1) is 68.5. The third kappa shape index (κ3) is 10.9. The van der Waals surface area contributed by atoms with Crippen molar-refractivity contribution >= 4 is 151 Å². The lowest BCUT2D eigenvalue weighted by Gasteiger charge is -2.14. The van der Waals surface area contributed by atoms with Crippen molar-refractivity contribution in [3.05, 3.63) is 419 Å². The van der Waals surface area contributed by atoms with Gasteiger partial charge in [-0.1, -0.05) is 314 Å². The summed E-state index contributed by atoms with van der Waals surface area (Å²) in [6.07, 6.45) is 0. The molecule has 25 rings (SSSR count). The first-order valence-electron chi connectivity index (χ1n) is 41.0. The van der Waals surface area contributed by atoms with E-state index >= 15 is 0 Å². The Balaban J connectivity index is 0.623. The second-order valence-corrected chi connectivity index (χ2v) is 37.9. The molecule has 6 nitrogen and oxygen atoms in total. The van der Waals surface area contributed by atoms with E-state index in [0.29, 0.717) is 17.5 Å². The predicted octanol–water partition coefficient (Wildman–Crippen LogP) is 32.0. The molecular weight excluding hydrogens is 1510 g/mol. The fraction of sp³-hybridized carbons (Fsp3) is 0. The van der Waals surface area contributed by atoms with Gasteiger partial charge in [0.1, 0.15) is 0 Å². The van der Waals surface area contributed by atoms with Crippen LogP contribution in [0.4, 0.5) is 0 Å². The van der Waals surface area contributed by atoms with Crippen LogP contribution in [0.3, 0.4) is 0 Å². The minimum absolute atomic E-state index is 0.567. The molecule has 0 aliphatic rings. The minimum Gasteiger partial charge on any atom is -0.309 e. The number of fused-ring (bicyclic) bond motifs is 18. The van der Waals surface area contributed by atoms with E-state index in [1.165, 1.54) is 145 Å². The molecule has 0 spiro atoms. The highest BCUT2D eigenvalue weighted by atomic mass is 31.1. The summed E-state index contributed by atoms with van der Waals surface area (Å²) in [5, 5.41) is 27.7. The average molecular weight is 1580 g/mol. The molecule has 9 heteroatoms. The van der Waals surface area contributed by atoms with Crippen molar-refractivity contribution in [3.63, 3.8) is 0 Å². The van der Waals surface area contributed by atoms with Gasteiger partial charge in [0.15, 0.2) is 17.5 Å². The van der Waals surface area contributed by atoms with Gasteiger partial charge in [0, 0.05) is 96.8 Å². The molecule has 0 radical (unpaired) electrons. The SMILES string of the molecule is c1ccc(-p2c3ccccc3c3cc(-c4ccc5c(c4)c4ccccc4n5-c4cccc(-c5nc(-c6cccc(-n7c8ccccc8c8cc(-c9ccc%10c(c9)c9ccccc9p%10-c9ccccc9)ccc87)c6)nc(-c6cccc(-n7c8ccccc8c8cc(-c9ccc%10c(c9)c9ccccc9p%10-c9ccccc9)ccc87)c6)n5)c4)ccc32)cc1. The van der Waals surface area contributed by atoms with Crippen molar-refractivity contribution in [2.24, 2.45) is 0 Å². The molecule has 0 aliphatic carbocycles. The molecule has 7 heterocycles. The Morgan fingerprint density at radius 3 is 0.683 bits per heavy atom. The molecule has 18 aromatic carbocycles. The van der Waals surface area contributed by atoms with E-state index in [4.69, 9.17) is 15.0 Å². The van der Waals surface area contributed by atoms with Crippen LogP contribution < -0.4 is 0 Å². The third-order valence-corrected chi connectivity index (χ3v) is 32.5. The molecule has 3 unspecified atom stereocenters. The standard InChI is InChI=1S/C111H69N6P3/c1-4-31-82(32-5-1)118-103-46-19-13-40-88(103)94-67-73(52-58-106(94)118)70-49-55-100-91(64-70)85-37-10-16-43-97(85)115(100)79-28-22-25-76(61-79)109-112-110(77-26-23-29-80(62-77)116-98-44-17-11-38-86(98)92-65-71(50-56-101(92)116)74-53-59-107-95(68-74)89-41-14-20-47-104(89)119(107)83-33-6-2-7-34-83)114-111(113-109)78-27-24-30-81(63-78)117-99-45-18-12-39-87(99)93-66-72(51-57-102(93)117)75-54-60-108-96(69-75)90-42-15-21-48-105(90)120(108)84-35-8-3-9-36-84/h1-69H. The number of aromatic nitrogens is 6. The summed E-state index contributed by atoms with van der Waals surface area (Å²) in [7, 11) is -2.00. The van der Waals surface area contributed by atoms with Crippen molar-refractivity contribution in [1.29, 1.82) is 0 Å². The van der Waals surface area contributed by atoms with Crippen molar-refractivity contribution in [3.8, 4) is 101 Å². The molecule has 0 bridgehead atoms. The number of rotatable bonds is 12. The van der Waals surface area contributed by atoms with Crippen LogP contribution in [0.25, 0.3) is 229 Å². The molecule has 0 fully saturated rings. The first-order chi connectivity index (χ1) is 59.5. The molecule has 0 saturated carbocycles. The molecule has 120 heavy (non-hydrogen) atoms. The summed E-state index contributed by atoms with van der Waals surface area (Å²) in [5.74, 6) is 1.70. The molecule has 0 amide bonds. The van der Waals surface area contributed by atoms with Gasteiger partial charge in [0.2, 0.25) is 0 Å². The van der Waals surface area contributed by atoms with E-state index in [-0.39, 0.29) is 0 Å². The van der Waals surface area contributed by atoms with E-state index in [2.05, 4.69) is 432 Å². The zero-order valence-corrected chi connectivity index (χ0v) is 67.5. The van der Waals surface area contributed by atoms with Gasteiger partial charge in [-0.3, -0.25) is 0 Å². The lowest BCUT2D eigenvalue weighted by atomic mass is 10.0. The van der Waals surface area contributed by atoms with Crippen LogP contribution >= 0.6 is 22.6 Å². The average Bonchev–Trinajstić information content (AvgIpc) is 1.90. The molecule has 0 saturated heterocycles. The Labute approximate surface area is 693 Å². The van der Waals surface area contributed by atoms with E-state index < -0.39 is 22.6 Å². The molecule has 7 aromatic heterocycles. The summed E-state index contributed by atoms with van der Waals surface area (Å²) >= 11 is 0. The van der Waals surface area contributed by atoms with Gasteiger partial charge >= 0.3 is 0 Å². The molecule has 558 valence electrons. The Hall–Kier alpha value is -14.7. The largest absolute Gasteiger partial charge is 0.309 e. The lowest BCUT2D eigenvalue weighted by molar-refractivity contribution is 1.07. The zero-order chi connectivity index (χ0) is 78.6. The monoisotopic (exact) mass is 1580 g/mol. The third-order valence-electron chi connectivity index (χ3n) is 24.8. The van der Waals surface area contributed by atoms with E-state index in [0.717, 1.165) is 66.9 Å². The van der Waals surface area contributed by atoms with Gasteiger partial charge in [-0.25, -0.2) is 15.0 Å². The van der Waals surface area contributed by atoms with Crippen LogP contribution in [0.15, 0.2) is 419 Å². The summed E-state index contributed by atoms with van der Waals surface area (Å²) in [4.78, 5) is 16.8.